The van der Waals surface area contributed by atoms with E-state index in [-0.39, 0.29) is 17.9 Å². The SMILES string of the molecule is CC(C)c1n[nH]c([C@@H]2CN(C(=O)C3=COCCC3)CCO2)n1. The molecule has 0 saturated carbocycles. The van der Waals surface area contributed by atoms with Gasteiger partial charge < -0.3 is 14.4 Å². The van der Waals surface area contributed by atoms with E-state index >= 15 is 0 Å². The number of hydrogen-bond donors (Lipinski definition) is 1. The first kappa shape index (κ1) is 15.0. The van der Waals surface area contributed by atoms with Crippen LogP contribution in [0.5, 0.6) is 0 Å². The molecule has 7 nitrogen and oxygen atoms in total. The quantitative estimate of drug-likeness (QED) is 0.916. The molecular weight excluding hydrogens is 284 g/mol. The number of carbonyl (C=O) groups excluding carboxylic acids is 1. The lowest BCUT2D eigenvalue weighted by molar-refractivity contribution is -0.135. The van der Waals surface area contributed by atoms with Gasteiger partial charge in [-0.1, -0.05) is 13.8 Å². The number of morpholine rings is 1. The van der Waals surface area contributed by atoms with Crippen molar-refractivity contribution < 1.29 is 14.3 Å². The Balaban J connectivity index is 1.68. The van der Waals surface area contributed by atoms with Gasteiger partial charge in [0.15, 0.2) is 11.6 Å². The molecule has 1 fully saturated rings. The van der Waals surface area contributed by atoms with Crippen LogP contribution in [0.3, 0.4) is 0 Å². The van der Waals surface area contributed by atoms with E-state index in [4.69, 9.17) is 9.47 Å². The zero-order valence-corrected chi connectivity index (χ0v) is 13.0. The van der Waals surface area contributed by atoms with Crippen LogP contribution in [0.25, 0.3) is 0 Å². The summed E-state index contributed by atoms with van der Waals surface area (Å²) in [5.41, 5.74) is 0.743. The summed E-state index contributed by atoms with van der Waals surface area (Å²) in [6.07, 6.45) is 3.02. The Hall–Kier alpha value is -1.89. The molecule has 120 valence electrons. The molecule has 1 N–H and O–H groups in total. The van der Waals surface area contributed by atoms with E-state index in [2.05, 4.69) is 15.2 Å². The van der Waals surface area contributed by atoms with Crippen molar-refractivity contribution in [2.24, 2.45) is 0 Å². The van der Waals surface area contributed by atoms with Crippen molar-refractivity contribution in [3.63, 3.8) is 0 Å². The van der Waals surface area contributed by atoms with Gasteiger partial charge in [-0.3, -0.25) is 9.89 Å². The van der Waals surface area contributed by atoms with Crippen LogP contribution >= 0.6 is 0 Å². The molecule has 1 aromatic rings. The average molecular weight is 306 g/mol. The van der Waals surface area contributed by atoms with Crippen molar-refractivity contribution in [3.8, 4) is 0 Å². The number of amides is 1. The lowest BCUT2D eigenvalue weighted by Crippen LogP contribution is -2.43. The maximum absolute atomic E-state index is 12.5. The van der Waals surface area contributed by atoms with E-state index in [0.717, 1.165) is 24.2 Å². The fourth-order valence-corrected chi connectivity index (χ4v) is 2.61. The molecule has 3 rings (SSSR count). The van der Waals surface area contributed by atoms with Crippen molar-refractivity contribution in [2.45, 2.75) is 38.7 Å². The fourth-order valence-electron chi connectivity index (χ4n) is 2.61. The Morgan fingerprint density at radius 2 is 2.32 bits per heavy atom. The monoisotopic (exact) mass is 306 g/mol. The number of carbonyl (C=O) groups is 1. The first-order valence-corrected chi connectivity index (χ1v) is 7.79. The Morgan fingerprint density at radius 1 is 1.45 bits per heavy atom. The van der Waals surface area contributed by atoms with E-state index in [1.54, 1.807) is 6.26 Å². The number of rotatable bonds is 3. The smallest absolute Gasteiger partial charge is 0.253 e. The van der Waals surface area contributed by atoms with E-state index < -0.39 is 0 Å². The van der Waals surface area contributed by atoms with E-state index in [1.807, 2.05) is 18.7 Å². The third kappa shape index (κ3) is 3.14. The lowest BCUT2D eigenvalue weighted by Gasteiger charge is -2.32. The van der Waals surface area contributed by atoms with Crippen molar-refractivity contribution in [3.05, 3.63) is 23.5 Å². The predicted octanol–water partition coefficient (Wildman–Crippen LogP) is 1.52. The van der Waals surface area contributed by atoms with Gasteiger partial charge in [-0.25, -0.2) is 4.98 Å². The predicted molar refractivity (Wildman–Crippen MR) is 79.0 cm³/mol. The molecule has 0 radical (unpaired) electrons. The number of aromatic nitrogens is 3. The first-order valence-electron chi connectivity index (χ1n) is 7.79. The number of nitrogens with zero attached hydrogens (tertiary/aromatic N) is 3. The highest BCUT2D eigenvalue weighted by Crippen LogP contribution is 2.23. The van der Waals surface area contributed by atoms with Crippen LogP contribution < -0.4 is 0 Å². The summed E-state index contributed by atoms with van der Waals surface area (Å²) < 4.78 is 11.0. The van der Waals surface area contributed by atoms with Crippen molar-refractivity contribution >= 4 is 5.91 Å². The van der Waals surface area contributed by atoms with Crippen molar-refractivity contribution in [1.29, 1.82) is 0 Å². The minimum absolute atomic E-state index is 0.0385. The molecule has 22 heavy (non-hydrogen) atoms. The molecule has 0 bridgehead atoms. The van der Waals surface area contributed by atoms with Crippen LogP contribution in [0, 0.1) is 0 Å². The van der Waals surface area contributed by atoms with Gasteiger partial charge in [0, 0.05) is 12.5 Å². The number of H-pyrrole nitrogens is 1. The minimum Gasteiger partial charge on any atom is -0.501 e. The molecule has 0 spiro atoms. The summed E-state index contributed by atoms with van der Waals surface area (Å²) in [6.45, 7) is 6.36. The van der Waals surface area contributed by atoms with Crippen LogP contribution in [-0.2, 0) is 14.3 Å². The maximum Gasteiger partial charge on any atom is 0.253 e. The summed E-state index contributed by atoms with van der Waals surface area (Å²) in [5, 5.41) is 7.13. The van der Waals surface area contributed by atoms with Crippen LogP contribution in [-0.4, -0.2) is 52.3 Å². The summed E-state index contributed by atoms with van der Waals surface area (Å²) in [4.78, 5) is 18.8. The highest BCUT2D eigenvalue weighted by atomic mass is 16.5. The van der Waals surface area contributed by atoms with Gasteiger partial charge in [0.25, 0.3) is 5.91 Å². The average Bonchev–Trinajstić information content (AvgIpc) is 3.05. The number of ether oxygens (including phenoxy) is 2. The second-order valence-corrected chi connectivity index (χ2v) is 5.96. The summed E-state index contributed by atoms with van der Waals surface area (Å²) in [7, 11) is 0. The standard InChI is InChI=1S/C15H22N4O3/c1-10(2)13-16-14(18-17-13)12-8-19(5-7-22-12)15(20)11-4-3-6-21-9-11/h9-10,12H,3-8H2,1-2H3,(H,16,17,18)/t12-/m0/s1. The van der Waals surface area contributed by atoms with Gasteiger partial charge in [-0.15, -0.1) is 0 Å². The van der Waals surface area contributed by atoms with Gasteiger partial charge >= 0.3 is 0 Å². The molecular formula is C15H22N4O3. The van der Waals surface area contributed by atoms with Crippen LogP contribution in [0.1, 0.15) is 50.4 Å². The third-order valence-corrected chi connectivity index (χ3v) is 3.90. The van der Waals surface area contributed by atoms with E-state index in [1.165, 1.54) is 0 Å². The van der Waals surface area contributed by atoms with Gasteiger partial charge in [0.05, 0.1) is 31.6 Å². The number of aromatic amines is 1. The lowest BCUT2D eigenvalue weighted by atomic mass is 10.1. The van der Waals surface area contributed by atoms with Crippen LogP contribution in [0.4, 0.5) is 0 Å². The van der Waals surface area contributed by atoms with Gasteiger partial charge in [-0.05, 0) is 12.8 Å². The maximum atomic E-state index is 12.5. The molecule has 2 aliphatic rings. The summed E-state index contributed by atoms with van der Waals surface area (Å²) in [6, 6.07) is 0. The van der Waals surface area contributed by atoms with Gasteiger partial charge in [-0.2, -0.15) is 5.10 Å². The van der Waals surface area contributed by atoms with Gasteiger partial charge in [0.2, 0.25) is 0 Å². The summed E-state index contributed by atoms with van der Waals surface area (Å²) >= 11 is 0. The Kier molecular flexibility index (Phi) is 4.42. The minimum atomic E-state index is -0.247. The molecule has 1 atom stereocenters. The largest absolute Gasteiger partial charge is 0.501 e. The Bertz CT molecular complexity index is 567. The van der Waals surface area contributed by atoms with Crippen LogP contribution in [0.15, 0.2) is 11.8 Å². The number of hydrogen-bond acceptors (Lipinski definition) is 5. The second-order valence-electron chi connectivity index (χ2n) is 5.96. The van der Waals surface area contributed by atoms with Crippen molar-refractivity contribution in [2.75, 3.05) is 26.3 Å². The zero-order valence-electron chi connectivity index (χ0n) is 13.0. The Morgan fingerprint density at radius 3 is 3.00 bits per heavy atom. The molecule has 2 aliphatic heterocycles. The Labute approximate surface area is 129 Å². The van der Waals surface area contributed by atoms with E-state index in [9.17, 15) is 4.79 Å². The van der Waals surface area contributed by atoms with Crippen molar-refractivity contribution in [1.82, 2.24) is 20.1 Å². The van der Waals surface area contributed by atoms with Gasteiger partial charge in [0.1, 0.15) is 6.10 Å². The highest BCUT2D eigenvalue weighted by molar-refractivity contribution is 5.93. The molecule has 1 saturated heterocycles. The topological polar surface area (TPSA) is 80.3 Å². The first-order chi connectivity index (χ1) is 10.6. The zero-order chi connectivity index (χ0) is 15.5. The molecule has 7 heteroatoms. The second kappa shape index (κ2) is 6.48. The molecule has 1 amide bonds. The summed E-state index contributed by atoms with van der Waals surface area (Å²) in [5.74, 6) is 1.76. The highest BCUT2D eigenvalue weighted by Gasteiger charge is 2.29. The van der Waals surface area contributed by atoms with E-state index in [0.29, 0.717) is 32.1 Å². The molecule has 0 aliphatic carbocycles. The third-order valence-electron chi connectivity index (χ3n) is 3.90. The molecule has 0 aromatic carbocycles. The fraction of sp³-hybridized carbons (Fsp3) is 0.667. The molecule has 1 aromatic heterocycles. The normalized spacial score (nSPS) is 22.4. The number of nitrogens with one attached hydrogen (secondary N) is 1. The molecule has 0 unspecified atom stereocenters. The molecule has 3 heterocycles. The van der Waals surface area contributed by atoms with Crippen LogP contribution in [0.2, 0.25) is 0 Å².